The Kier molecular flexibility index (Phi) is 3.71. The van der Waals surface area contributed by atoms with Gasteiger partial charge in [-0.1, -0.05) is 36.4 Å². The molecule has 0 aliphatic heterocycles. The summed E-state index contributed by atoms with van der Waals surface area (Å²) in [5.74, 6) is -2.13. The summed E-state index contributed by atoms with van der Waals surface area (Å²) in [5.41, 5.74) is 0.659. The molecule has 0 saturated carbocycles. The number of carbonyl (C=O) groups is 2. The van der Waals surface area contributed by atoms with Gasteiger partial charge in [-0.15, -0.1) is 0 Å². The lowest BCUT2D eigenvalue weighted by Crippen LogP contribution is -2.07. The van der Waals surface area contributed by atoms with Gasteiger partial charge in [0.25, 0.3) is 0 Å². The molecule has 0 fully saturated rings. The van der Waals surface area contributed by atoms with E-state index in [2.05, 4.69) is 0 Å². The molecule has 2 aromatic rings. The number of carboxylic acid groups (broad SMARTS) is 1. The smallest absolute Gasteiger partial charge is 0.307 e. The fourth-order valence-electron chi connectivity index (χ4n) is 1.78. The van der Waals surface area contributed by atoms with Crippen LogP contribution in [0.15, 0.2) is 48.5 Å². The van der Waals surface area contributed by atoms with Crippen molar-refractivity contribution in [3.05, 3.63) is 71.0 Å². The van der Waals surface area contributed by atoms with Crippen LogP contribution in [0.2, 0.25) is 0 Å². The third kappa shape index (κ3) is 3.04. The van der Waals surface area contributed by atoms with Gasteiger partial charge >= 0.3 is 5.97 Å². The zero-order valence-electron chi connectivity index (χ0n) is 9.97. The fourth-order valence-corrected chi connectivity index (χ4v) is 1.78. The number of hydrogen-bond donors (Lipinski definition) is 1. The Hall–Kier alpha value is -2.49. The summed E-state index contributed by atoms with van der Waals surface area (Å²) in [4.78, 5) is 22.7. The third-order valence-corrected chi connectivity index (χ3v) is 2.67. The van der Waals surface area contributed by atoms with Crippen molar-refractivity contribution in [1.29, 1.82) is 0 Å². The van der Waals surface area contributed by atoms with E-state index in [0.29, 0.717) is 11.1 Å². The number of aliphatic carboxylic acids is 1. The molecule has 0 atom stereocenters. The zero-order chi connectivity index (χ0) is 13.8. The number of rotatable bonds is 4. The van der Waals surface area contributed by atoms with E-state index in [1.807, 2.05) is 0 Å². The number of benzene rings is 2. The summed E-state index contributed by atoms with van der Waals surface area (Å²) in [7, 11) is 0. The van der Waals surface area contributed by atoms with Gasteiger partial charge in [0.15, 0.2) is 5.78 Å². The van der Waals surface area contributed by atoms with E-state index in [1.54, 1.807) is 30.3 Å². The number of hydrogen-bond acceptors (Lipinski definition) is 2. The summed E-state index contributed by atoms with van der Waals surface area (Å²) in [6.07, 6.45) is -0.241. The predicted molar refractivity (Wildman–Crippen MR) is 67.6 cm³/mol. The first-order chi connectivity index (χ1) is 9.08. The van der Waals surface area contributed by atoms with Crippen LogP contribution in [0.25, 0.3) is 0 Å². The van der Waals surface area contributed by atoms with E-state index in [1.165, 1.54) is 12.1 Å². The van der Waals surface area contributed by atoms with Gasteiger partial charge in [-0.25, -0.2) is 4.39 Å². The Morgan fingerprint density at radius 2 is 1.74 bits per heavy atom. The standard InChI is InChI=1S/C15H11FO3/c16-13-7-6-10(9-14(17)18)8-12(13)15(19)11-4-2-1-3-5-11/h1-8H,9H2,(H,17,18). The molecule has 2 rings (SSSR count). The van der Waals surface area contributed by atoms with Gasteiger partial charge in [-0.2, -0.15) is 0 Å². The molecular weight excluding hydrogens is 247 g/mol. The molecule has 4 heteroatoms. The van der Waals surface area contributed by atoms with Crippen molar-refractivity contribution in [3.8, 4) is 0 Å². The average Bonchev–Trinajstić information content (AvgIpc) is 2.40. The summed E-state index contributed by atoms with van der Waals surface area (Å²) >= 11 is 0. The first kappa shape index (κ1) is 13.0. The maximum absolute atomic E-state index is 13.7. The van der Waals surface area contributed by atoms with Crippen LogP contribution in [0.1, 0.15) is 21.5 Å². The Morgan fingerprint density at radius 1 is 1.05 bits per heavy atom. The van der Waals surface area contributed by atoms with E-state index < -0.39 is 17.6 Å². The summed E-state index contributed by atoms with van der Waals surface area (Å²) in [5, 5.41) is 8.70. The molecule has 0 bridgehead atoms. The van der Waals surface area contributed by atoms with Crippen molar-refractivity contribution in [3.63, 3.8) is 0 Å². The van der Waals surface area contributed by atoms with Crippen molar-refractivity contribution in [2.45, 2.75) is 6.42 Å². The van der Waals surface area contributed by atoms with Crippen molar-refractivity contribution in [2.24, 2.45) is 0 Å². The van der Waals surface area contributed by atoms with Gasteiger partial charge in [0.2, 0.25) is 0 Å². The van der Waals surface area contributed by atoms with Gasteiger partial charge in [-0.05, 0) is 17.7 Å². The SMILES string of the molecule is O=C(O)Cc1ccc(F)c(C(=O)c2ccccc2)c1. The van der Waals surface area contributed by atoms with Crippen LogP contribution in [0, 0.1) is 5.82 Å². The molecule has 0 spiro atoms. The summed E-state index contributed by atoms with van der Waals surface area (Å²) < 4.78 is 13.7. The van der Waals surface area contributed by atoms with Crippen LogP contribution in [0.5, 0.6) is 0 Å². The number of carbonyl (C=O) groups excluding carboxylic acids is 1. The molecule has 0 aliphatic rings. The molecule has 0 unspecified atom stereocenters. The van der Waals surface area contributed by atoms with Crippen molar-refractivity contribution in [2.75, 3.05) is 0 Å². The second-order valence-electron chi connectivity index (χ2n) is 4.08. The highest BCUT2D eigenvalue weighted by Crippen LogP contribution is 2.16. The first-order valence-corrected chi connectivity index (χ1v) is 5.68. The molecular formula is C15H11FO3. The lowest BCUT2D eigenvalue weighted by molar-refractivity contribution is -0.136. The maximum atomic E-state index is 13.7. The van der Waals surface area contributed by atoms with E-state index >= 15 is 0 Å². The topological polar surface area (TPSA) is 54.4 Å². The van der Waals surface area contributed by atoms with Crippen molar-refractivity contribution < 1.29 is 19.1 Å². The second kappa shape index (κ2) is 5.44. The number of carboxylic acids is 1. The van der Waals surface area contributed by atoms with E-state index in [-0.39, 0.29) is 12.0 Å². The average molecular weight is 258 g/mol. The highest BCUT2D eigenvalue weighted by Gasteiger charge is 2.15. The van der Waals surface area contributed by atoms with Crippen LogP contribution in [-0.4, -0.2) is 16.9 Å². The highest BCUT2D eigenvalue weighted by molar-refractivity contribution is 6.09. The highest BCUT2D eigenvalue weighted by atomic mass is 19.1. The fraction of sp³-hybridized carbons (Fsp3) is 0.0667. The van der Waals surface area contributed by atoms with E-state index in [0.717, 1.165) is 6.07 Å². The van der Waals surface area contributed by atoms with Crippen LogP contribution < -0.4 is 0 Å². The summed E-state index contributed by atoms with van der Waals surface area (Å²) in [6, 6.07) is 12.1. The Bertz CT molecular complexity index is 621. The van der Waals surface area contributed by atoms with Crippen LogP contribution >= 0.6 is 0 Å². The molecule has 0 radical (unpaired) electrons. The molecule has 19 heavy (non-hydrogen) atoms. The first-order valence-electron chi connectivity index (χ1n) is 5.68. The minimum absolute atomic E-state index is 0.107. The monoisotopic (exact) mass is 258 g/mol. The largest absolute Gasteiger partial charge is 0.481 e. The molecule has 2 aromatic carbocycles. The third-order valence-electron chi connectivity index (χ3n) is 2.67. The van der Waals surface area contributed by atoms with Crippen LogP contribution in [0.3, 0.4) is 0 Å². The molecule has 1 N–H and O–H groups in total. The zero-order valence-corrected chi connectivity index (χ0v) is 9.97. The molecule has 0 aromatic heterocycles. The van der Waals surface area contributed by atoms with Crippen LogP contribution in [0.4, 0.5) is 4.39 Å². The predicted octanol–water partition coefficient (Wildman–Crippen LogP) is 2.68. The van der Waals surface area contributed by atoms with E-state index in [4.69, 9.17) is 5.11 Å². The summed E-state index contributed by atoms with van der Waals surface area (Å²) in [6.45, 7) is 0. The molecule has 0 saturated heterocycles. The minimum Gasteiger partial charge on any atom is -0.481 e. The van der Waals surface area contributed by atoms with Gasteiger partial charge in [0.1, 0.15) is 5.82 Å². The second-order valence-corrected chi connectivity index (χ2v) is 4.08. The lowest BCUT2D eigenvalue weighted by atomic mass is 10.00. The molecule has 0 amide bonds. The van der Waals surface area contributed by atoms with Crippen LogP contribution in [-0.2, 0) is 11.2 Å². The van der Waals surface area contributed by atoms with E-state index in [9.17, 15) is 14.0 Å². The van der Waals surface area contributed by atoms with Crippen molar-refractivity contribution >= 4 is 11.8 Å². The molecule has 96 valence electrons. The van der Waals surface area contributed by atoms with Crippen molar-refractivity contribution in [1.82, 2.24) is 0 Å². The van der Waals surface area contributed by atoms with Gasteiger partial charge in [0.05, 0.1) is 12.0 Å². The van der Waals surface area contributed by atoms with Gasteiger partial charge < -0.3 is 5.11 Å². The molecule has 0 heterocycles. The quantitative estimate of drug-likeness (QED) is 0.858. The number of halogens is 1. The number of ketones is 1. The normalized spacial score (nSPS) is 10.2. The maximum Gasteiger partial charge on any atom is 0.307 e. The molecule has 0 aliphatic carbocycles. The molecule has 3 nitrogen and oxygen atoms in total. The van der Waals surface area contributed by atoms with Gasteiger partial charge in [-0.3, -0.25) is 9.59 Å². The lowest BCUT2D eigenvalue weighted by Gasteiger charge is -2.05. The minimum atomic E-state index is -1.02. The Morgan fingerprint density at radius 3 is 2.37 bits per heavy atom. The Balaban J connectivity index is 2.38. The van der Waals surface area contributed by atoms with Gasteiger partial charge in [0, 0.05) is 5.56 Å². The Labute approximate surface area is 109 Å².